The number of hydrogen-bond donors (Lipinski definition) is 1. The average molecular weight is 362 g/mol. The molecular formula is C20H18N4OS. The lowest BCUT2D eigenvalue weighted by molar-refractivity contribution is 0.0945. The molecule has 0 aliphatic rings. The van der Waals surface area contributed by atoms with Gasteiger partial charge in [-0.1, -0.05) is 60.3 Å². The van der Waals surface area contributed by atoms with Crippen LogP contribution in [0.15, 0.2) is 59.8 Å². The topological polar surface area (TPSA) is 63.6 Å². The maximum atomic E-state index is 12.8. The van der Waals surface area contributed by atoms with Crippen LogP contribution < -0.4 is 0 Å². The van der Waals surface area contributed by atoms with Gasteiger partial charge in [0, 0.05) is 16.6 Å². The third-order valence-electron chi connectivity index (χ3n) is 4.51. The molecule has 0 aliphatic carbocycles. The maximum absolute atomic E-state index is 12.8. The third-order valence-corrected chi connectivity index (χ3v) is 5.35. The molecular weight excluding hydrogens is 344 g/mol. The summed E-state index contributed by atoms with van der Waals surface area (Å²) >= 11 is 1.34. The molecule has 26 heavy (non-hydrogen) atoms. The number of thioether (sulfide) groups is 1. The van der Waals surface area contributed by atoms with E-state index in [4.69, 9.17) is 0 Å². The monoisotopic (exact) mass is 362 g/mol. The van der Waals surface area contributed by atoms with E-state index in [1.54, 1.807) is 4.57 Å². The van der Waals surface area contributed by atoms with Crippen molar-refractivity contribution >= 4 is 28.6 Å². The van der Waals surface area contributed by atoms with Crippen LogP contribution in [0, 0.1) is 13.8 Å². The molecule has 0 radical (unpaired) electrons. The van der Waals surface area contributed by atoms with Gasteiger partial charge in [0.25, 0.3) is 0 Å². The Morgan fingerprint density at radius 2 is 1.81 bits per heavy atom. The summed E-state index contributed by atoms with van der Waals surface area (Å²) in [5.74, 6) is 1.02. The van der Waals surface area contributed by atoms with Gasteiger partial charge in [-0.15, -0.1) is 5.10 Å². The van der Waals surface area contributed by atoms with E-state index < -0.39 is 0 Å². The normalized spacial score (nSPS) is 11.2. The van der Waals surface area contributed by atoms with E-state index in [-0.39, 0.29) is 11.7 Å². The van der Waals surface area contributed by atoms with E-state index in [0.717, 1.165) is 27.7 Å². The van der Waals surface area contributed by atoms with Crippen molar-refractivity contribution in [1.82, 2.24) is 19.7 Å². The van der Waals surface area contributed by atoms with E-state index >= 15 is 0 Å². The lowest BCUT2D eigenvalue weighted by Gasteiger charge is -2.05. The first kappa shape index (κ1) is 16.6. The second-order valence-electron chi connectivity index (χ2n) is 6.08. The fourth-order valence-electron chi connectivity index (χ4n) is 3.08. The number of para-hydroxylation sites is 1. The molecule has 0 saturated carbocycles. The molecule has 0 amide bonds. The van der Waals surface area contributed by atoms with Crippen LogP contribution in [0.3, 0.4) is 0 Å². The van der Waals surface area contributed by atoms with Crippen molar-refractivity contribution in [2.75, 3.05) is 5.75 Å². The number of nitrogens with zero attached hydrogens (tertiary/aromatic N) is 3. The number of aryl methyl sites for hydroxylation is 1. The fourth-order valence-corrected chi connectivity index (χ4v) is 3.73. The quantitative estimate of drug-likeness (QED) is 0.544. The van der Waals surface area contributed by atoms with Crippen LogP contribution in [0.5, 0.6) is 0 Å². The maximum Gasteiger partial charge on any atom is 0.241 e. The number of nitrogens with one attached hydrogen (secondary N) is 1. The largest absolute Gasteiger partial charge is 0.284 e. The van der Waals surface area contributed by atoms with E-state index in [1.165, 1.54) is 11.8 Å². The van der Waals surface area contributed by atoms with Crippen molar-refractivity contribution in [2.45, 2.75) is 19.0 Å². The van der Waals surface area contributed by atoms with Gasteiger partial charge in [0.2, 0.25) is 11.1 Å². The van der Waals surface area contributed by atoms with Crippen LogP contribution in [0.2, 0.25) is 0 Å². The van der Waals surface area contributed by atoms with Crippen LogP contribution in [0.25, 0.3) is 22.3 Å². The van der Waals surface area contributed by atoms with Crippen LogP contribution in [-0.2, 0) is 0 Å². The van der Waals surface area contributed by atoms with Gasteiger partial charge in [-0.05, 0) is 25.5 Å². The zero-order chi connectivity index (χ0) is 18.1. The van der Waals surface area contributed by atoms with Gasteiger partial charge in [0.15, 0.2) is 5.82 Å². The fraction of sp³-hybridized carbons (Fsp3) is 0.150. The Morgan fingerprint density at radius 1 is 1.08 bits per heavy atom. The first-order valence-electron chi connectivity index (χ1n) is 8.35. The van der Waals surface area contributed by atoms with Crippen LogP contribution in [0.4, 0.5) is 0 Å². The van der Waals surface area contributed by atoms with Gasteiger partial charge >= 0.3 is 0 Å². The minimum Gasteiger partial charge on any atom is -0.284 e. The Balaban J connectivity index is 1.54. The van der Waals surface area contributed by atoms with Gasteiger partial charge in [-0.2, -0.15) is 0 Å². The molecule has 0 unspecified atom stereocenters. The van der Waals surface area contributed by atoms with E-state index in [9.17, 15) is 4.79 Å². The molecule has 0 fully saturated rings. The number of hydrogen-bond acceptors (Lipinski definition) is 4. The van der Waals surface area contributed by atoms with Crippen molar-refractivity contribution < 1.29 is 4.79 Å². The van der Waals surface area contributed by atoms with Crippen molar-refractivity contribution in [3.8, 4) is 11.4 Å². The number of rotatable bonds is 4. The van der Waals surface area contributed by atoms with E-state index in [1.807, 2.05) is 55.5 Å². The van der Waals surface area contributed by atoms with Crippen molar-refractivity contribution in [1.29, 1.82) is 0 Å². The van der Waals surface area contributed by atoms with E-state index in [0.29, 0.717) is 11.0 Å². The summed E-state index contributed by atoms with van der Waals surface area (Å²) in [5, 5.41) is 8.83. The number of H-pyrrole nitrogens is 1. The first-order chi connectivity index (χ1) is 12.6. The second kappa shape index (κ2) is 6.80. The Bertz CT molecular complexity index is 1080. The molecule has 2 aromatic carbocycles. The molecule has 0 spiro atoms. The number of benzene rings is 2. The Morgan fingerprint density at radius 3 is 2.62 bits per heavy atom. The summed E-state index contributed by atoms with van der Waals surface area (Å²) in [6.07, 6.45) is 0. The second-order valence-corrected chi connectivity index (χ2v) is 7.02. The summed E-state index contributed by atoms with van der Waals surface area (Å²) in [5.41, 5.74) is 4.05. The molecule has 0 saturated heterocycles. The lowest BCUT2D eigenvalue weighted by atomic mass is 10.2. The van der Waals surface area contributed by atoms with Gasteiger partial charge in [0.05, 0.1) is 11.3 Å². The molecule has 2 aromatic heterocycles. The van der Waals surface area contributed by atoms with Crippen molar-refractivity contribution in [3.05, 3.63) is 65.9 Å². The minimum absolute atomic E-state index is 0.0304. The highest BCUT2D eigenvalue weighted by molar-refractivity contribution is 7.99. The zero-order valence-corrected chi connectivity index (χ0v) is 15.4. The molecule has 6 heteroatoms. The van der Waals surface area contributed by atoms with Crippen LogP contribution in [-0.4, -0.2) is 31.4 Å². The van der Waals surface area contributed by atoms with Crippen molar-refractivity contribution in [3.63, 3.8) is 0 Å². The standard InChI is InChI=1S/C20H18N4OS/c1-13-14(2)24(17-11-7-6-10-16(13)17)18(25)12-26-20-21-19(22-23-20)15-8-4-3-5-9-15/h3-11H,12H2,1-2H3,(H,21,22,23). The number of aromatic nitrogens is 4. The van der Waals surface area contributed by atoms with Gasteiger partial charge in [0.1, 0.15) is 0 Å². The molecule has 0 atom stereocenters. The highest BCUT2D eigenvalue weighted by atomic mass is 32.2. The summed E-state index contributed by atoms with van der Waals surface area (Å²) in [6.45, 7) is 4.04. The summed E-state index contributed by atoms with van der Waals surface area (Å²) in [6, 6.07) is 17.8. The van der Waals surface area contributed by atoms with Crippen LogP contribution in [0.1, 0.15) is 16.1 Å². The predicted octanol–water partition coefficient (Wildman–Crippen LogP) is 4.48. The first-order valence-corrected chi connectivity index (χ1v) is 9.34. The van der Waals surface area contributed by atoms with Gasteiger partial charge < -0.3 is 0 Å². The molecule has 4 rings (SSSR count). The summed E-state index contributed by atoms with van der Waals surface area (Å²) < 4.78 is 1.79. The third kappa shape index (κ3) is 2.93. The lowest BCUT2D eigenvalue weighted by Crippen LogP contribution is -2.14. The van der Waals surface area contributed by atoms with Crippen LogP contribution >= 0.6 is 11.8 Å². The molecule has 0 bridgehead atoms. The number of aromatic amines is 1. The van der Waals surface area contributed by atoms with Gasteiger partial charge in [-0.25, -0.2) is 4.98 Å². The summed E-state index contributed by atoms with van der Waals surface area (Å²) in [7, 11) is 0. The SMILES string of the molecule is Cc1c(C)n(C(=O)CSc2n[nH]c(-c3ccccc3)n2)c2ccccc12. The zero-order valence-electron chi connectivity index (χ0n) is 14.6. The van der Waals surface area contributed by atoms with Crippen molar-refractivity contribution in [2.24, 2.45) is 0 Å². The Hall–Kier alpha value is -2.86. The average Bonchev–Trinajstić information content (AvgIpc) is 3.25. The minimum atomic E-state index is 0.0304. The smallest absolute Gasteiger partial charge is 0.241 e. The highest BCUT2D eigenvalue weighted by Crippen LogP contribution is 2.26. The number of carbonyl (C=O) groups is 1. The summed E-state index contributed by atoms with van der Waals surface area (Å²) in [4.78, 5) is 17.3. The molecule has 4 aromatic rings. The molecule has 1 N–H and O–H groups in total. The molecule has 0 aliphatic heterocycles. The Labute approximate surface area is 155 Å². The Kier molecular flexibility index (Phi) is 4.34. The number of carbonyl (C=O) groups excluding carboxylic acids is 1. The predicted molar refractivity (Wildman–Crippen MR) is 105 cm³/mol. The van der Waals surface area contributed by atoms with Gasteiger partial charge in [-0.3, -0.25) is 14.5 Å². The molecule has 5 nitrogen and oxygen atoms in total. The highest BCUT2D eigenvalue weighted by Gasteiger charge is 2.17. The molecule has 130 valence electrons. The van der Waals surface area contributed by atoms with E-state index in [2.05, 4.69) is 28.2 Å². The molecule has 2 heterocycles. The number of fused-ring (bicyclic) bond motifs is 1.